The fourth-order valence-corrected chi connectivity index (χ4v) is 9.10. The molecule has 0 radical (unpaired) electrons. The number of carbonyl (C=O) groups is 3. The molecule has 17 nitrogen and oxygen atoms in total. The van der Waals surface area contributed by atoms with Gasteiger partial charge in [0.1, 0.15) is 54.6 Å². The van der Waals surface area contributed by atoms with Crippen molar-refractivity contribution in [1.29, 1.82) is 0 Å². The van der Waals surface area contributed by atoms with E-state index >= 15 is 0 Å². The summed E-state index contributed by atoms with van der Waals surface area (Å²) in [5.74, 6) is -1.20. The number of ether oxygens (including phenoxy) is 6. The van der Waals surface area contributed by atoms with Gasteiger partial charge in [0, 0.05) is 45.5 Å². The number of hydrogen-bond acceptors (Lipinski definition) is 15. The number of Topliss-reactive ketones (excluding diaryl/α,β-unsaturated/α-hetero) is 1. The third kappa shape index (κ3) is 11.9. The first-order chi connectivity index (χ1) is 27.4. The Morgan fingerprint density at radius 1 is 0.895 bits per heavy atom. The standard InChI is InChI=1S/C40H69N3O14/c1-4-25-19-26(27(46)12-8-16-52-17-13-41)20-28(36(25)57-40-35(50)34(49)32(47)22(2)53-40)55-39-31(42-23(3)45)37(33(48)30(21-44)56-39)54-29(38(51)43-14-9-15-43)18-24-10-6-5-7-11-24/h22,24-26,28-37,39-40,44,47-50H,4-21,41H2,1-3H3,(H,42,45)/t22?,25-,26?,28-,29+,30+,31?,32-,33+,34+,35?,36?,37?,39-,40+/m1/s1. The van der Waals surface area contributed by atoms with Crippen LogP contribution in [0.1, 0.15) is 97.8 Å². The predicted octanol–water partition coefficient (Wildman–Crippen LogP) is -0.116. The lowest BCUT2D eigenvalue weighted by Gasteiger charge is -2.49. The van der Waals surface area contributed by atoms with Gasteiger partial charge in [-0.1, -0.05) is 45.4 Å². The van der Waals surface area contributed by atoms with Gasteiger partial charge in [0.25, 0.3) is 5.91 Å². The zero-order chi connectivity index (χ0) is 41.2. The molecule has 5 aliphatic rings. The molecule has 2 aliphatic carbocycles. The van der Waals surface area contributed by atoms with Crippen LogP contribution in [0.2, 0.25) is 0 Å². The molecule has 5 rings (SSSR count). The van der Waals surface area contributed by atoms with Crippen LogP contribution < -0.4 is 11.1 Å². The minimum Gasteiger partial charge on any atom is -0.394 e. The van der Waals surface area contributed by atoms with Gasteiger partial charge in [0.15, 0.2) is 12.6 Å². The van der Waals surface area contributed by atoms with Gasteiger partial charge >= 0.3 is 0 Å². The number of rotatable bonds is 19. The van der Waals surface area contributed by atoms with E-state index in [0.717, 1.165) is 38.5 Å². The number of aliphatic hydroxyl groups excluding tert-OH is 5. The van der Waals surface area contributed by atoms with Crippen molar-refractivity contribution in [2.24, 2.45) is 23.5 Å². The molecular weight excluding hydrogens is 746 g/mol. The molecule has 0 bridgehead atoms. The molecule has 17 heteroatoms. The molecule has 2 amide bonds. The maximum Gasteiger partial charge on any atom is 0.251 e. The van der Waals surface area contributed by atoms with Crippen molar-refractivity contribution >= 4 is 17.6 Å². The van der Waals surface area contributed by atoms with Gasteiger partial charge in [0.2, 0.25) is 5.91 Å². The molecule has 328 valence electrons. The fraction of sp³-hybridized carbons (Fsp3) is 0.925. The van der Waals surface area contributed by atoms with Crippen LogP contribution in [0.5, 0.6) is 0 Å². The van der Waals surface area contributed by atoms with Gasteiger partial charge in [-0.3, -0.25) is 14.4 Å². The normalized spacial score (nSPS) is 38.3. The number of amides is 2. The number of ketones is 1. The Morgan fingerprint density at radius 3 is 2.26 bits per heavy atom. The summed E-state index contributed by atoms with van der Waals surface area (Å²) < 4.78 is 37.4. The van der Waals surface area contributed by atoms with E-state index in [1.54, 1.807) is 11.8 Å². The molecule has 3 heterocycles. The molecule has 0 aromatic heterocycles. The summed E-state index contributed by atoms with van der Waals surface area (Å²) in [6.07, 6.45) is -6.32. The molecule has 8 N–H and O–H groups in total. The smallest absolute Gasteiger partial charge is 0.251 e. The second-order valence-corrected chi connectivity index (χ2v) is 16.7. The fourth-order valence-electron chi connectivity index (χ4n) is 9.10. The maximum atomic E-state index is 13.9. The summed E-state index contributed by atoms with van der Waals surface area (Å²) in [5.41, 5.74) is 5.53. The Labute approximate surface area is 336 Å². The molecule has 0 aromatic carbocycles. The quantitative estimate of drug-likeness (QED) is 0.0841. The van der Waals surface area contributed by atoms with E-state index < -0.39 is 98.1 Å². The molecule has 3 aliphatic heterocycles. The number of hydrogen-bond donors (Lipinski definition) is 7. The van der Waals surface area contributed by atoms with Crippen LogP contribution in [-0.2, 0) is 42.8 Å². The number of aliphatic hydroxyl groups is 5. The first-order valence-electron chi connectivity index (χ1n) is 21.3. The van der Waals surface area contributed by atoms with Gasteiger partial charge in [-0.15, -0.1) is 0 Å². The van der Waals surface area contributed by atoms with E-state index in [-0.39, 0.29) is 36.4 Å². The maximum absolute atomic E-state index is 13.9. The SMILES string of the molecule is CC[C@@H]1CC(C(=O)CCCOCCN)C[C@@H](O[C@@H]2O[C@@H](CO)[C@H](O)C(O[C@@H](CC3CCCCC3)C(=O)N3CCC3)C2NC(C)=O)C1O[C@@H]1OC(C)[C@@H](O)[C@H](O)C1O. The van der Waals surface area contributed by atoms with Gasteiger partial charge in [-0.2, -0.15) is 0 Å². The van der Waals surface area contributed by atoms with E-state index in [1.807, 2.05) is 6.92 Å². The highest BCUT2D eigenvalue weighted by atomic mass is 16.7. The lowest BCUT2D eigenvalue weighted by molar-refractivity contribution is -0.338. The lowest BCUT2D eigenvalue weighted by atomic mass is 9.74. The molecular formula is C40H69N3O14. The van der Waals surface area contributed by atoms with Gasteiger partial charge < -0.3 is 69.9 Å². The van der Waals surface area contributed by atoms with Gasteiger partial charge in [0.05, 0.1) is 31.5 Å². The van der Waals surface area contributed by atoms with Crippen LogP contribution in [-0.4, -0.2) is 167 Å². The molecule has 0 spiro atoms. The van der Waals surface area contributed by atoms with Crippen molar-refractivity contribution in [3.05, 3.63) is 0 Å². The van der Waals surface area contributed by atoms with Crippen LogP contribution in [0.3, 0.4) is 0 Å². The highest BCUT2D eigenvalue weighted by Gasteiger charge is 2.53. The zero-order valence-electron chi connectivity index (χ0n) is 33.9. The summed E-state index contributed by atoms with van der Waals surface area (Å²) in [4.78, 5) is 42.2. The molecule has 3 saturated heterocycles. The second kappa shape index (κ2) is 22.1. The molecule has 6 unspecified atom stereocenters. The first kappa shape index (κ1) is 46.2. The number of nitrogens with zero attached hydrogens (tertiary/aromatic N) is 1. The Balaban J connectivity index is 1.44. The van der Waals surface area contributed by atoms with E-state index in [1.165, 1.54) is 6.92 Å². The molecule has 15 atom stereocenters. The molecule has 0 aromatic rings. The molecule has 57 heavy (non-hydrogen) atoms. The van der Waals surface area contributed by atoms with Crippen molar-refractivity contribution in [1.82, 2.24) is 10.2 Å². The monoisotopic (exact) mass is 815 g/mol. The molecule has 5 fully saturated rings. The summed E-state index contributed by atoms with van der Waals surface area (Å²) >= 11 is 0. The topological polar surface area (TPSA) is 249 Å². The van der Waals surface area contributed by atoms with Crippen molar-refractivity contribution < 1.29 is 68.3 Å². The minimum absolute atomic E-state index is 0.000804. The summed E-state index contributed by atoms with van der Waals surface area (Å²) in [5, 5.41) is 56.9. The summed E-state index contributed by atoms with van der Waals surface area (Å²) in [6.45, 7) is 6.53. The third-order valence-corrected chi connectivity index (χ3v) is 12.6. The van der Waals surface area contributed by atoms with Crippen LogP contribution in [0.25, 0.3) is 0 Å². The van der Waals surface area contributed by atoms with Crippen LogP contribution in [0, 0.1) is 17.8 Å². The molecule has 2 saturated carbocycles. The van der Waals surface area contributed by atoms with E-state index in [9.17, 15) is 39.9 Å². The Hall–Kier alpha value is -1.87. The van der Waals surface area contributed by atoms with Crippen LogP contribution >= 0.6 is 0 Å². The van der Waals surface area contributed by atoms with Crippen molar-refractivity contribution in [2.75, 3.05) is 39.5 Å². The Kier molecular flexibility index (Phi) is 17.9. The Bertz CT molecular complexity index is 1270. The number of nitrogens with one attached hydrogen (secondary N) is 1. The third-order valence-electron chi connectivity index (χ3n) is 12.6. The lowest BCUT2D eigenvalue weighted by Crippen LogP contribution is -2.67. The first-order valence-corrected chi connectivity index (χ1v) is 21.3. The average molecular weight is 816 g/mol. The van der Waals surface area contributed by atoms with Gasteiger partial charge in [-0.05, 0) is 50.9 Å². The number of carbonyl (C=O) groups excluding carboxylic acids is 3. The van der Waals surface area contributed by atoms with Crippen LogP contribution in [0.4, 0.5) is 0 Å². The summed E-state index contributed by atoms with van der Waals surface area (Å²) in [7, 11) is 0. The highest BCUT2D eigenvalue weighted by molar-refractivity contribution is 5.82. The largest absolute Gasteiger partial charge is 0.394 e. The zero-order valence-corrected chi connectivity index (χ0v) is 33.9. The predicted molar refractivity (Wildman–Crippen MR) is 203 cm³/mol. The minimum atomic E-state index is -1.60. The van der Waals surface area contributed by atoms with E-state index in [2.05, 4.69) is 5.32 Å². The number of likely N-dealkylation sites (tertiary alicyclic amines) is 1. The summed E-state index contributed by atoms with van der Waals surface area (Å²) in [6, 6.07) is -1.16. The van der Waals surface area contributed by atoms with E-state index in [4.69, 9.17) is 34.2 Å². The van der Waals surface area contributed by atoms with E-state index in [0.29, 0.717) is 58.5 Å². The van der Waals surface area contributed by atoms with Crippen molar-refractivity contribution in [3.63, 3.8) is 0 Å². The average Bonchev–Trinajstić information content (AvgIpc) is 3.17. The second-order valence-electron chi connectivity index (χ2n) is 16.7. The Morgan fingerprint density at radius 2 is 1.63 bits per heavy atom. The highest BCUT2D eigenvalue weighted by Crippen LogP contribution is 2.40. The van der Waals surface area contributed by atoms with Crippen LogP contribution in [0.15, 0.2) is 0 Å². The van der Waals surface area contributed by atoms with Gasteiger partial charge in [-0.25, -0.2) is 0 Å². The van der Waals surface area contributed by atoms with Crippen molar-refractivity contribution in [3.8, 4) is 0 Å². The van der Waals surface area contributed by atoms with Crippen molar-refractivity contribution in [2.45, 2.75) is 177 Å². The number of nitrogens with two attached hydrogens (primary N) is 1.